The first-order chi connectivity index (χ1) is 20.3. The molecule has 0 aromatic heterocycles. The lowest BCUT2D eigenvalue weighted by molar-refractivity contribution is 0.282. The molecule has 2 heteroatoms. The van der Waals surface area contributed by atoms with Gasteiger partial charge >= 0.3 is 0 Å². The van der Waals surface area contributed by atoms with E-state index in [0.29, 0.717) is 11.8 Å². The number of rotatable bonds is 9. The number of hydrogen-bond acceptors (Lipinski definition) is 2. The second kappa shape index (κ2) is 13.5. The van der Waals surface area contributed by atoms with Crippen molar-refractivity contribution in [3.63, 3.8) is 0 Å². The van der Waals surface area contributed by atoms with Crippen LogP contribution in [0.15, 0.2) is 154 Å². The van der Waals surface area contributed by atoms with Crippen LogP contribution in [0.5, 0.6) is 0 Å². The van der Waals surface area contributed by atoms with Crippen molar-refractivity contribution in [2.45, 2.75) is 74.8 Å². The Balaban J connectivity index is 1.98. The van der Waals surface area contributed by atoms with Gasteiger partial charge in [0.2, 0.25) is 0 Å². The Hall–Kier alpha value is -3.78. The second-order valence-electron chi connectivity index (χ2n) is 11.5. The third kappa shape index (κ3) is 5.52. The van der Waals surface area contributed by atoms with Gasteiger partial charge in [-0.2, -0.15) is 0 Å². The number of allylic oxidation sites excluding steroid dienone is 19. The van der Waals surface area contributed by atoms with Gasteiger partial charge in [0.25, 0.3) is 0 Å². The highest BCUT2D eigenvalue weighted by Crippen LogP contribution is 2.49. The van der Waals surface area contributed by atoms with Crippen LogP contribution in [-0.4, -0.2) is 10.9 Å². The van der Waals surface area contributed by atoms with E-state index in [2.05, 4.69) is 153 Å². The molecule has 4 atom stereocenters. The Bertz CT molecular complexity index is 1480. The van der Waals surface area contributed by atoms with Crippen molar-refractivity contribution < 1.29 is 4.74 Å². The first-order valence-corrected chi connectivity index (χ1v) is 15.6. The van der Waals surface area contributed by atoms with E-state index in [1.807, 2.05) is 6.08 Å². The predicted octanol–water partition coefficient (Wildman–Crippen LogP) is 10.9. The van der Waals surface area contributed by atoms with Gasteiger partial charge in [-0.15, -0.1) is 0 Å². The maximum Gasteiger partial charge on any atom is 0.135 e. The summed E-state index contributed by atoms with van der Waals surface area (Å²) in [5, 5.41) is 0. The number of hydrogen-bond donors (Lipinski definition) is 0. The Kier molecular flexibility index (Phi) is 9.99. The van der Waals surface area contributed by atoms with Crippen molar-refractivity contribution >= 4 is 0 Å². The summed E-state index contributed by atoms with van der Waals surface area (Å²) in [6.07, 6.45) is 32.3. The van der Waals surface area contributed by atoms with E-state index >= 15 is 0 Å². The normalized spacial score (nSPS) is 27.1. The van der Waals surface area contributed by atoms with Crippen LogP contribution in [0.1, 0.15) is 68.7 Å². The molecule has 0 radical (unpaired) electrons. The molecule has 220 valence electrons. The number of ether oxygens (including phenoxy) is 1. The Labute approximate surface area is 255 Å². The van der Waals surface area contributed by atoms with Gasteiger partial charge in [0.05, 0.1) is 11.7 Å². The molecule has 0 spiro atoms. The van der Waals surface area contributed by atoms with Crippen molar-refractivity contribution in [2.75, 3.05) is 0 Å². The standard InChI is InChI=1S/C40H49NO/c1-11-17-32(16-6)41(36(19-13-3)40-28(9)34(18-12-2)39(42-40)26(7)14-4)29(10)35-25-23-31-21-20-27(8)33-24-22-30(15-5)37(35)38(31)33/h12-25,28-29,31,38H,6,11H2,1-5,7-10H3/b18-12-,19-13-,26-14-,30-15-,32-17+,40-36-/t28-,29?,31?,38?/m1/s1. The summed E-state index contributed by atoms with van der Waals surface area (Å²) >= 11 is 0. The van der Waals surface area contributed by atoms with Gasteiger partial charge in [-0.05, 0) is 100 Å². The van der Waals surface area contributed by atoms with Crippen molar-refractivity contribution in [3.8, 4) is 0 Å². The highest BCUT2D eigenvalue weighted by Gasteiger charge is 2.39. The molecular formula is C40H49NO. The van der Waals surface area contributed by atoms with Crippen LogP contribution in [0.3, 0.4) is 0 Å². The van der Waals surface area contributed by atoms with E-state index < -0.39 is 0 Å². The third-order valence-electron chi connectivity index (χ3n) is 8.97. The molecule has 0 amide bonds. The summed E-state index contributed by atoms with van der Waals surface area (Å²) in [7, 11) is 0. The topological polar surface area (TPSA) is 12.5 Å². The maximum absolute atomic E-state index is 6.83. The van der Waals surface area contributed by atoms with Crippen LogP contribution < -0.4 is 0 Å². The molecular weight excluding hydrogens is 510 g/mol. The zero-order chi connectivity index (χ0) is 30.6. The Morgan fingerprint density at radius 3 is 2.43 bits per heavy atom. The van der Waals surface area contributed by atoms with Crippen molar-refractivity contribution in [1.82, 2.24) is 4.90 Å². The van der Waals surface area contributed by atoms with Crippen molar-refractivity contribution in [3.05, 3.63) is 154 Å². The lowest BCUT2D eigenvalue weighted by atomic mass is 9.65. The molecule has 0 saturated heterocycles. The highest BCUT2D eigenvalue weighted by atomic mass is 16.5. The maximum atomic E-state index is 6.83. The fourth-order valence-electron chi connectivity index (χ4n) is 6.74. The van der Waals surface area contributed by atoms with E-state index in [0.717, 1.165) is 34.9 Å². The molecule has 42 heavy (non-hydrogen) atoms. The molecule has 0 aromatic carbocycles. The van der Waals surface area contributed by atoms with E-state index in [9.17, 15) is 0 Å². The zero-order valence-corrected chi connectivity index (χ0v) is 27.2. The summed E-state index contributed by atoms with van der Waals surface area (Å²) in [6.45, 7) is 23.8. The van der Waals surface area contributed by atoms with Crippen LogP contribution in [0, 0.1) is 17.8 Å². The van der Waals surface area contributed by atoms with Gasteiger partial charge in [0, 0.05) is 29.0 Å². The first kappa shape index (κ1) is 31.2. The van der Waals surface area contributed by atoms with Gasteiger partial charge in [0.15, 0.2) is 0 Å². The van der Waals surface area contributed by atoms with Crippen molar-refractivity contribution in [1.29, 1.82) is 0 Å². The molecule has 2 nitrogen and oxygen atoms in total. The molecule has 4 aliphatic rings. The molecule has 1 aliphatic heterocycles. The molecule has 0 N–H and O–H groups in total. The monoisotopic (exact) mass is 559 g/mol. The van der Waals surface area contributed by atoms with Gasteiger partial charge in [-0.25, -0.2) is 0 Å². The molecule has 0 aromatic rings. The second-order valence-corrected chi connectivity index (χ2v) is 11.5. The summed E-state index contributed by atoms with van der Waals surface area (Å²) in [5.74, 6) is 2.75. The molecule has 0 bridgehead atoms. The van der Waals surface area contributed by atoms with Gasteiger partial charge in [-0.3, -0.25) is 0 Å². The minimum absolute atomic E-state index is 0.0356. The zero-order valence-electron chi connectivity index (χ0n) is 27.2. The summed E-state index contributed by atoms with van der Waals surface area (Å²) in [5.41, 5.74) is 11.4. The van der Waals surface area contributed by atoms with Crippen LogP contribution in [0.4, 0.5) is 0 Å². The fraction of sp³-hybridized carbons (Fsp3) is 0.350. The summed E-state index contributed by atoms with van der Waals surface area (Å²) < 4.78 is 6.83. The van der Waals surface area contributed by atoms with E-state index in [1.165, 1.54) is 33.4 Å². The Morgan fingerprint density at radius 1 is 1.07 bits per heavy atom. The predicted molar refractivity (Wildman–Crippen MR) is 181 cm³/mol. The van der Waals surface area contributed by atoms with Gasteiger partial charge < -0.3 is 9.64 Å². The van der Waals surface area contributed by atoms with Gasteiger partial charge in [-0.1, -0.05) is 93.3 Å². The average Bonchev–Trinajstić information content (AvgIpc) is 3.32. The van der Waals surface area contributed by atoms with Crippen molar-refractivity contribution in [2.24, 2.45) is 17.8 Å². The van der Waals surface area contributed by atoms with Crippen LogP contribution in [-0.2, 0) is 4.74 Å². The lowest BCUT2D eigenvalue weighted by Gasteiger charge is -2.42. The van der Waals surface area contributed by atoms with E-state index in [-0.39, 0.29) is 12.0 Å². The summed E-state index contributed by atoms with van der Waals surface area (Å²) in [6, 6.07) is 0.0356. The molecule has 0 fully saturated rings. The van der Waals surface area contributed by atoms with E-state index in [4.69, 9.17) is 4.74 Å². The smallest absolute Gasteiger partial charge is 0.135 e. The summed E-state index contributed by atoms with van der Waals surface area (Å²) in [4.78, 5) is 2.46. The third-order valence-corrected chi connectivity index (χ3v) is 8.97. The minimum atomic E-state index is 0.0356. The molecule has 1 heterocycles. The van der Waals surface area contributed by atoms with E-state index in [1.54, 1.807) is 0 Å². The molecule has 3 aliphatic carbocycles. The fourth-order valence-corrected chi connectivity index (χ4v) is 6.74. The Morgan fingerprint density at radius 2 is 1.81 bits per heavy atom. The largest absolute Gasteiger partial charge is 0.458 e. The number of nitrogens with zero attached hydrogens (tertiary/aromatic N) is 1. The van der Waals surface area contributed by atoms with Crippen LogP contribution >= 0.6 is 0 Å². The molecule has 3 unspecified atom stereocenters. The van der Waals surface area contributed by atoms with Gasteiger partial charge in [0.1, 0.15) is 11.5 Å². The minimum Gasteiger partial charge on any atom is -0.458 e. The SMILES string of the molecule is C=C/C(=C\CC)N(C(/C=C\C)=C1\OC(C(/C)=C\C)=C(/C=C\C)[C@H]1C)C(C)C1=C2/C(=C\C)C=CC3=C(C)C=CC(C=C1)C32. The average molecular weight is 560 g/mol. The lowest BCUT2D eigenvalue weighted by Crippen LogP contribution is -2.37. The van der Waals surface area contributed by atoms with Crippen LogP contribution in [0.25, 0.3) is 0 Å². The highest BCUT2D eigenvalue weighted by molar-refractivity contribution is 5.63. The quantitative estimate of drug-likeness (QED) is 0.261. The molecule has 4 rings (SSSR count). The van der Waals surface area contributed by atoms with Crippen LogP contribution in [0.2, 0.25) is 0 Å². The molecule has 0 saturated carbocycles. The first-order valence-electron chi connectivity index (χ1n) is 15.6.